The average Bonchev–Trinajstić information content (AvgIpc) is 1.96. The molecule has 11 heavy (non-hydrogen) atoms. The number of H-pyrrole nitrogens is 1. The number of aryl methyl sites for hydroxylation is 2. The zero-order valence-electron chi connectivity index (χ0n) is 7.06. The molecule has 0 radical (unpaired) electrons. The molecule has 60 valence electrons. The maximum atomic E-state index is 11.1. The van der Waals surface area contributed by atoms with Crippen molar-refractivity contribution in [3.8, 4) is 0 Å². The predicted octanol–water partition coefficient (Wildman–Crippen LogP) is 0.949. The number of aromatic nitrogens is 2. The van der Waals surface area contributed by atoms with Crippen LogP contribution in [-0.2, 0) is 6.42 Å². The first kappa shape index (κ1) is 7.98. The first-order chi connectivity index (χ1) is 5.15. The normalized spacial score (nSPS) is 10.1. The van der Waals surface area contributed by atoms with Crippen molar-refractivity contribution in [3.63, 3.8) is 0 Å². The fourth-order valence-corrected chi connectivity index (χ4v) is 1.05. The van der Waals surface area contributed by atoms with E-state index in [1.165, 1.54) is 0 Å². The van der Waals surface area contributed by atoms with Crippen molar-refractivity contribution in [2.75, 3.05) is 0 Å². The molecule has 3 nitrogen and oxygen atoms in total. The Morgan fingerprint density at radius 3 is 2.64 bits per heavy atom. The summed E-state index contributed by atoms with van der Waals surface area (Å²) in [5.41, 5.74) is 1.61. The highest BCUT2D eigenvalue weighted by atomic mass is 16.1. The van der Waals surface area contributed by atoms with Gasteiger partial charge in [0.15, 0.2) is 0 Å². The Kier molecular flexibility index (Phi) is 2.08. The summed E-state index contributed by atoms with van der Waals surface area (Å²) in [6, 6.07) is 0. The van der Waals surface area contributed by atoms with Gasteiger partial charge in [0.05, 0.1) is 5.69 Å². The highest BCUT2D eigenvalue weighted by Gasteiger charge is 2.01. The van der Waals surface area contributed by atoms with Crippen LogP contribution in [0.25, 0.3) is 0 Å². The summed E-state index contributed by atoms with van der Waals surface area (Å²) < 4.78 is 0. The van der Waals surface area contributed by atoms with Gasteiger partial charge in [-0.05, 0) is 20.3 Å². The van der Waals surface area contributed by atoms with E-state index in [1.54, 1.807) is 13.8 Å². The van der Waals surface area contributed by atoms with E-state index in [0.717, 1.165) is 17.7 Å². The third-order valence-electron chi connectivity index (χ3n) is 1.71. The molecule has 1 aromatic heterocycles. The zero-order valence-corrected chi connectivity index (χ0v) is 7.06. The molecule has 0 bridgehead atoms. The maximum absolute atomic E-state index is 11.1. The van der Waals surface area contributed by atoms with Crippen LogP contribution in [0.5, 0.6) is 0 Å². The number of rotatable bonds is 1. The lowest BCUT2D eigenvalue weighted by Gasteiger charge is -2.00. The Hall–Kier alpha value is -1.12. The highest BCUT2D eigenvalue weighted by molar-refractivity contribution is 5.15. The Labute approximate surface area is 65.5 Å². The molecule has 0 saturated heterocycles. The maximum Gasteiger partial charge on any atom is 0.254 e. The van der Waals surface area contributed by atoms with Crippen molar-refractivity contribution >= 4 is 0 Å². The standard InChI is InChI=1S/C8H12N2O/c1-4-7-5(2)8(11)10-6(3)9-7/h4H2,1-3H3,(H,9,10,11). The number of nitrogens with one attached hydrogen (secondary N) is 1. The summed E-state index contributed by atoms with van der Waals surface area (Å²) in [6.07, 6.45) is 0.816. The summed E-state index contributed by atoms with van der Waals surface area (Å²) in [4.78, 5) is 18.0. The van der Waals surface area contributed by atoms with Gasteiger partial charge in [-0.3, -0.25) is 4.79 Å². The van der Waals surface area contributed by atoms with Crippen LogP contribution in [0.15, 0.2) is 4.79 Å². The lowest BCUT2D eigenvalue weighted by molar-refractivity contribution is 0.903. The van der Waals surface area contributed by atoms with E-state index in [2.05, 4.69) is 9.97 Å². The van der Waals surface area contributed by atoms with E-state index in [4.69, 9.17) is 0 Å². The molecule has 3 heteroatoms. The minimum absolute atomic E-state index is 0.0191. The van der Waals surface area contributed by atoms with Crippen molar-refractivity contribution < 1.29 is 0 Å². The molecule has 0 aromatic carbocycles. The lowest BCUT2D eigenvalue weighted by Crippen LogP contribution is -2.15. The van der Waals surface area contributed by atoms with Gasteiger partial charge in [0.2, 0.25) is 0 Å². The van der Waals surface area contributed by atoms with Crippen molar-refractivity contribution in [2.45, 2.75) is 27.2 Å². The van der Waals surface area contributed by atoms with Crippen molar-refractivity contribution in [2.24, 2.45) is 0 Å². The molecule has 0 fully saturated rings. The predicted molar refractivity (Wildman–Crippen MR) is 43.7 cm³/mol. The molecule has 1 aromatic rings. The molecule has 0 saturated carbocycles. The fourth-order valence-electron chi connectivity index (χ4n) is 1.05. The first-order valence-corrected chi connectivity index (χ1v) is 3.71. The van der Waals surface area contributed by atoms with Crippen LogP contribution in [0.4, 0.5) is 0 Å². The van der Waals surface area contributed by atoms with Gasteiger partial charge in [0, 0.05) is 5.56 Å². The molecule has 0 aliphatic carbocycles. The molecule has 0 aliphatic heterocycles. The van der Waals surface area contributed by atoms with E-state index >= 15 is 0 Å². The first-order valence-electron chi connectivity index (χ1n) is 3.71. The molecule has 1 rings (SSSR count). The molecule has 1 N–H and O–H groups in total. The molecule has 0 aliphatic rings. The summed E-state index contributed by atoms with van der Waals surface area (Å²) in [6.45, 7) is 5.58. The summed E-state index contributed by atoms with van der Waals surface area (Å²) in [5, 5.41) is 0. The number of hydrogen-bond donors (Lipinski definition) is 1. The molecular formula is C8H12N2O. The molecule has 0 amide bonds. The zero-order chi connectivity index (χ0) is 8.43. The van der Waals surface area contributed by atoms with Crippen molar-refractivity contribution in [3.05, 3.63) is 27.4 Å². The van der Waals surface area contributed by atoms with Crippen LogP contribution in [0, 0.1) is 13.8 Å². The van der Waals surface area contributed by atoms with Crippen LogP contribution in [0.2, 0.25) is 0 Å². The average molecular weight is 152 g/mol. The molecule has 1 heterocycles. The van der Waals surface area contributed by atoms with Crippen LogP contribution >= 0.6 is 0 Å². The number of nitrogens with zero attached hydrogens (tertiary/aromatic N) is 1. The molecule has 0 atom stereocenters. The number of aromatic amines is 1. The van der Waals surface area contributed by atoms with E-state index < -0.39 is 0 Å². The Morgan fingerprint density at radius 2 is 2.09 bits per heavy atom. The largest absolute Gasteiger partial charge is 0.311 e. The van der Waals surface area contributed by atoms with Gasteiger partial charge >= 0.3 is 0 Å². The highest BCUT2D eigenvalue weighted by Crippen LogP contribution is 1.98. The molecule has 0 unspecified atom stereocenters. The Bertz CT molecular complexity index is 314. The van der Waals surface area contributed by atoms with Gasteiger partial charge in [-0.1, -0.05) is 6.92 Å². The van der Waals surface area contributed by atoms with E-state index in [9.17, 15) is 4.79 Å². The summed E-state index contributed by atoms with van der Waals surface area (Å²) in [5.74, 6) is 0.692. The van der Waals surface area contributed by atoms with Crippen molar-refractivity contribution in [1.29, 1.82) is 0 Å². The van der Waals surface area contributed by atoms with Crippen LogP contribution in [0.3, 0.4) is 0 Å². The second-order valence-corrected chi connectivity index (χ2v) is 2.58. The lowest BCUT2D eigenvalue weighted by atomic mass is 10.2. The summed E-state index contributed by atoms with van der Waals surface area (Å²) >= 11 is 0. The smallest absolute Gasteiger partial charge is 0.254 e. The van der Waals surface area contributed by atoms with Gasteiger partial charge in [-0.15, -0.1) is 0 Å². The monoisotopic (exact) mass is 152 g/mol. The van der Waals surface area contributed by atoms with Gasteiger partial charge in [-0.2, -0.15) is 0 Å². The number of hydrogen-bond acceptors (Lipinski definition) is 2. The van der Waals surface area contributed by atoms with Crippen LogP contribution in [0.1, 0.15) is 24.0 Å². The van der Waals surface area contributed by atoms with Gasteiger partial charge in [-0.25, -0.2) is 4.98 Å². The van der Waals surface area contributed by atoms with Crippen molar-refractivity contribution in [1.82, 2.24) is 9.97 Å². The van der Waals surface area contributed by atoms with Gasteiger partial charge < -0.3 is 4.98 Å². The minimum Gasteiger partial charge on any atom is -0.311 e. The van der Waals surface area contributed by atoms with E-state index in [0.29, 0.717) is 5.82 Å². The van der Waals surface area contributed by atoms with Crippen LogP contribution in [-0.4, -0.2) is 9.97 Å². The molecule has 0 spiro atoms. The van der Waals surface area contributed by atoms with Crippen LogP contribution < -0.4 is 5.56 Å². The summed E-state index contributed by atoms with van der Waals surface area (Å²) in [7, 11) is 0. The Morgan fingerprint density at radius 1 is 1.45 bits per heavy atom. The SMILES string of the molecule is CCc1nc(C)[nH]c(=O)c1C. The third-order valence-corrected chi connectivity index (χ3v) is 1.71. The third kappa shape index (κ3) is 1.48. The molecular weight excluding hydrogens is 140 g/mol. The van der Waals surface area contributed by atoms with Gasteiger partial charge in [0.25, 0.3) is 5.56 Å². The van der Waals surface area contributed by atoms with E-state index in [1.807, 2.05) is 6.92 Å². The quantitative estimate of drug-likeness (QED) is 0.651. The second kappa shape index (κ2) is 2.86. The van der Waals surface area contributed by atoms with E-state index in [-0.39, 0.29) is 5.56 Å². The van der Waals surface area contributed by atoms with Gasteiger partial charge in [0.1, 0.15) is 5.82 Å². The minimum atomic E-state index is -0.0191. The second-order valence-electron chi connectivity index (χ2n) is 2.58. The Balaban J connectivity index is 3.36. The topological polar surface area (TPSA) is 45.8 Å². The fraction of sp³-hybridized carbons (Fsp3) is 0.500.